The SMILES string of the molecule is COc1ccc(-c2noc(CCCC(=O)N3CCC(NC(=O)OC(C)(C)C)CC3)n2)cc1. The van der Waals surface area contributed by atoms with Crippen molar-refractivity contribution in [2.45, 2.75) is 64.5 Å². The highest BCUT2D eigenvalue weighted by Crippen LogP contribution is 2.20. The number of carbonyl (C=O) groups excluding carboxylic acids is 2. The Balaban J connectivity index is 1.38. The first-order chi connectivity index (χ1) is 15.2. The van der Waals surface area contributed by atoms with E-state index in [4.69, 9.17) is 14.0 Å². The minimum atomic E-state index is -0.519. The van der Waals surface area contributed by atoms with E-state index in [2.05, 4.69) is 15.5 Å². The molecule has 9 nitrogen and oxygen atoms in total. The van der Waals surface area contributed by atoms with E-state index in [0.29, 0.717) is 44.1 Å². The van der Waals surface area contributed by atoms with Crippen molar-refractivity contribution in [1.29, 1.82) is 0 Å². The zero-order chi connectivity index (χ0) is 23.1. The summed E-state index contributed by atoms with van der Waals surface area (Å²) in [5, 5.41) is 6.90. The molecule has 3 rings (SSSR count). The van der Waals surface area contributed by atoms with Crippen LogP contribution in [0.3, 0.4) is 0 Å². The minimum absolute atomic E-state index is 0.0312. The predicted molar refractivity (Wildman–Crippen MR) is 118 cm³/mol. The molecule has 0 aliphatic carbocycles. The summed E-state index contributed by atoms with van der Waals surface area (Å²) in [4.78, 5) is 30.7. The van der Waals surface area contributed by atoms with E-state index in [0.717, 1.165) is 24.2 Å². The van der Waals surface area contributed by atoms with Crippen LogP contribution in [0.5, 0.6) is 5.75 Å². The second-order valence-electron chi connectivity index (χ2n) is 8.90. The molecular formula is C23H32N4O5. The number of alkyl carbamates (subject to hydrolysis) is 1. The zero-order valence-electron chi connectivity index (χ0n) is 19.2. The fourth-order valence-corrected chi connectivity index (χ4v) is 3.51. The van der Waals surface area contributed by atoms with Crippen LogP contribution in [-0.4, -0.2) is 58.9 Å². The van der Waals surface area contributed by atoms with E-state index in [1.165, 1.54) is 0 Å². The quantitative estimate of drug-likeness (QED) is 0.695. The summed E-state index contributed by atoms with van der Waals surface area (Å²) in [5.74, 6) is 1.91. The van der Waals surface area contributed by atoms with Gasteiger partial charge >= 0.3 is 6.09 Å². The van der Waals surface area contributed by atoms with Gasteiger partial charge in [-0.2, -0.15) is 4.98 Å². The van der Waals surface area contributed by atoms with Crippen molar-refractivity contribution in [3.05, 3.63) is 30.2 Å². The lowest BCUT2D eigenvalue weighted by Gasteiger charge is -2.33. The number of methoxy groups -OCH3 is 1. The predicted octanol–water partition coefficient (Wildman–Crippen LogP) is 3.58. The fraction of sp³-hybridized carbons (Fsp3) is 0.565. The van der Waals surface area contributed by atoms with E-state index in [-0.39, 0.29) is 11.9 Å². The van der Waals surface area contributed by atoms with Crippen LogP contribution in [0, 0.1) is 0 Å². The molecule has 174 valence electrons. The molecule has 2 amide bonds. The first-order valence-corrected chi connectivity index (χ1v) is 11.0. The lowest BCUT2D eigenvalue weighted by Crippen LogP contribution is -2.47. The number of carbonyl (C=O) groups is 2. The van der Waals surface area contributed by atoms with Gasteiger partial charge in [0.25, 0.3) is 0 Å². The molecule has 0 saturated carbocycles. The molecule has 2 aromatic rings. The molecule has 32 heavy (non-hydrogen) atoms. The molecule has 1 aliphatic rings. The molecule has 2 heterocycles. The Morgan fingerprint density at radius 1 is 1.19 bits per heavy atom. The van der Waals surface area contributed by atoms with Crippen molar-refractivity contribution in [2.75, 3.05) is 20.2 Å². The van der Waals surface area contributed by atoms with Crippen LogP contribution in [0.4, 0.5) is 4.79 Å². The first kappa shape index (κ1) is 23.6. The van der Waals surface area contributed by atoms with Gasteiger partial charge in [-0.3, -0.25) is 4.79 Å². The Morgan fingerprint density at radius 2 is 1.88 bits per heavy atom. The van der Waals surface area contributed by atoms with E-state index < -0.39 is 11.7 Å². The van der Waals surface area contributed by atoms with Gasteiger partial charge in [0.15, 0.2) is 0 Å². The number of nitrogens with one attached hydrogen (secondary N) is 1. The van der Waals surface area contributed by atoms with Crippen LogP contribution in [0.15, 0.2) is 28.8 Å². The van der Waals surface area contributed by atoms with Gasteiger partial charge in [-0.1, -0.05) is 5.16 Å². The molecule has 9 heteroatoms. The third kappa shape index (κ3) is 6.96. The van der Waals surface area contributed by atoms with Crippen molar-refractivity contribution in [3.8, 4) is 17.1 Å². The number of hydrogen-bond donors (Lipinski definition) is 1. The zero-order valence-corrected chi connectivity index (χ0v) is 19.2. The van der Waals surface area contributed by atoms with Crippen LogP contribution in [-0.2, 0) is 16.0 Å². The Hall–Kier alpha value is -3.10. The molecule has 0 atom stereocenters. The van der Waals surface area contributed by atoms with E-state index in [9.17, 15) is 9.59 Å². The topological polar surface area (TPSA) is 107 Å². The molecule has 0 spiro atoms. The standard InChI is InChI=1S/C23H32N4O5/c1-23(2,3)31-22(29)24-17-12-14-27(15-13-17)20(28)7-5-6-19-25-21(26-32-19)16-8-10-18(30-4)11-9-16/h8-11,17H,5-7,12-15H2,1-4H3,(H,24,29). The highest BCUT2D eigenvalue weighted by atomic mass is 16.6. The molecular weight excluding hydrogens is 412 g/mol. The van der Waals surface area contributed by atoms with E-state index >= 15 is 0 Å². The summed E-state index contributed by atoms with van der Waals surface area (Å²) in [6, 6.07) is 7.46. The van der Waals surface area contributed by atoms with Gasteiger partial charge in [-0.25, -0.2) is 4.79 Å². The second kappa shape index (κ2) is 10.5. The Morgan fingerprint density at radius 3 is 2.50 bits per heavy atom. The molecule has 1 saturated heterocycles. The van der Waals surface area contributed by atoms with Crippen molar-refractivity contribution in [2.24, 2.45) is 0 Å². The molecule has 1 aliphatic heterocycles. The number of aromatic nitrogens is 2. The van der Waals surface area contributed by atoms with Crippen LogP contribution >= 0.6 is 0 Å². The summed E-state index contributed by atoms with van der Waals surface area (Å²) in [5.41, 5.74) is 0.328. The number of likely N-dealkylation sites (tertiary alicyclic amines) is 1. The van der Waals surface area contributed by atoms with Crippen LogP contribution in [0.1, 0.15) is 52.3 Å². The number of aryl methyl sites for hydroxylation is 1. The number of hydrogen-bond acceptors (Lipinski definition) is 7. The molecule has 1 aromatic carbocycles. The summed E-state index contributed by atoms with van der Waals surface area (Å²) < 4.78 is 15.8. The summed E-state index contributed by atoms with van der Waals surface area (Å²) in [7, 11) is 1.62. The third-order valence-corrected chi connectivity index (χ3v) is 5.17. The largest absolute Gasteiger partial charge is 0.497 e. The third-order valence-electron chi connectivity index (χ3n) is 5.17. The minimum Gasteiger partial charge on any atom is -0.497 e. The number of ether oxygens (including phenoxy) is 2. The van der Waals surface area contributed by atoms with Crippen molar-refractivity contribution < 1.29 is 23.6 Å². The van der Waals surface area contributed by atoms with Gasteiger partial charge in [0.2, 0.25) is 17.6 Å². The maximum Gasteiger partial charge on any atom is 0.407 e. The molecule has 0 bridgehead atoms. The smallest absolute Gasteiger partial charge is 0.407 e. The van der Waals surface area contributed by atoms with Crippen LogP contribution < -0.4 is 10.1 Å². The number of amides is 2. The average molecular weight is 445 g/mol. The lowest BCUT2D eigenvalue weighted by molar-refractivity contribution is -0.132. The van der Waals surface area contributed by atoms with Crippen molar-refractivity contribution >= 4 is 12.0 Å². The Bertz CT molecular complexity index is 896. The van der Waals surface area contributed by atoms with Gasteiger partial charge in [0.05, 0.1) is 7.11 Å². The lowest BCUT2D eigenvalue weighted by atomic mass is 10.0. The molecule has 1 N–H and O–H groups in total. The van der Waals surface area contributed by atoms with Crippen molar-refractivity contribution in [3.63, 3.8) is 0 Å². The van der Waals surface area contributed by atoms with Crippen molar-refractivity contribution in [1.82, 2.24) is 20.4 Å². The van der Waals surface area contributed by atoms with Crippen LogP contribution in [0.2, 0.25) is 0 Å². The maximum atomic E-state index is 12.5. The van der Waals surface area contributed by atoms with Gasteiger partial charge < -0.3 is 24.2 Å². The fourth-order valence-electron chi connectivity index (χ4n) is 3.51. The monoisotopic (exact) mass is 444 g/mol. The Labute approximate surface area is 188 Å². The average Bonchev–Trinajstić information content (AvgIpc) is 3.22. The van der Waals surface area contributed by atoms with E-state index in [1.807, 2.05) is 49.9 Å². The highest BCUT2D eigenvalue weighted by Gasteiger charge is 2.25. The number of piperidine rings is 1. The first-order valence-electron chi connectivity index (χ1n) is 11.0. The summed E-state index contributed by atoms with van der Waals surface area (Å²) in [6.07, 6.45) is 2.64. The Kier molecular flexibility index (Phi) is 7.71. The molecule has 1 aromatic heterocycles. The van der Waals surface area contributed by atoms with Gasteiger partial charge in [-0.15, -0.1) is 0 Å². The molecule has 0 unspecified atom stereocenters. The normalized spacial score (nSPS) is 14.8. The molecule has 1 fully saturated rings. The van der Waals surface area contributed by atoms with Gasteiger partial charge in [-0.05, 0) is 64.3 Å². The molecule has 0 radical (unpaired) electrons. The number of nitrogens with zero attached hydrogens (tertiary/aromatic N) is 3. The van der Waals surface area contributed by atoms with E-state index in [1.54, 1.807) is 7.11 Å². The second-order valence-corrected chi connectivity index (χ2v) is 8.90. The van der Waals surface area contributed by atoms with Crippen LogP contribution in [0.25, 0.3) is 11.4 Å². The van der Waals surface area contributed by atoms with Gasteiger partial charge in [0.1, 0.15) is 11.4 Å². The number of rotatable bonds is 7. The maximum absolute atomic E-state index is 12.5. The summed E-state index contributed by atoms with van der Waals surface area (Å²) >= 11 is 0. The number of benzene rings is 1. The highest BCUT2D eigenvalue weighted by molar-refractivity contribution is 5.76. The summed E-state index contributed by atoms with van der Waals surface area (Å²) in [6.45, 7) is 6.76. The van der Waals surface area contributed by atoms with Gasteiger partial charge in [0, 0.05) is 37.5 Å².